The molecule has 4 rings (SSSR count). The molecule has 1 saturated carbocycles. The first-order valence-corrected chi connectivity index (χ1v) is 10.3. The minimum absolute atomic E-state index is 0.206. The van der Waals surface area contributed by atoms with Gasteiger partial charge < -0.3 is 15.5 Å². The van der Waals surface area contributed by atoms with Crippen molar-refractivity contribution in [2.24, 2.45) is 0 Å². The molecule has 158 valence electrons. The van der Waals surface area contributed by atoms with Crippen LogP contribution in [-0.4, -0.2) is 45.0 Å². The molecule has 2 heterocycles. The van der Waals surface area contributed by atoms with Gasteiger partial charge in [0.15, 0.2) is 0 Å². The van der Waals surface area contributed by atoms with E-state index in [4.69, 9.17) is 10.8 Å². The van der Waals surface area contributed by atoms with Gasteiger partial charge in [-0.05, 0) is 48.9 Å². The summed E-state index contributed by atoms with van der Waals surface area (Å²) in [5.74, 6) is 0.845. The highest BCUT2D eigenvalue weighted by Crippen LogP contribution is 2.27. The lowest BCUT2D eigenvalue weighted by molar-refractivity contribution is -0.116. The van der Waals surface area contributed by atoms with Crippen LogP contribution in [-0.2, 0) is 11.2 Å². The van der Waals surface area contributed by atoms with Gasteiger partial charge in [-0.1, -0.05) is 19.1 Å². The number of rotatable bonds is 7. The van der Waals surface area contributed by atoms with E-state index < -0.39 is 6.04 Å². The van der Waals surface area contributed by atoms with Gasteiger partial charge in [0.05, 0.1) is 6.34 Å². The fraction of sp³-hybridized carbons (Fsp3) is 0.261. The standard InChI is InChI=1S/C23H25N7O/c1-2-21-27-12-17(13-28-21)15-8-9-26-20(11-15)23(31)29-18-5-3-4-16(10-18)22(25)30(14-24)19-6-7-19/h3-5,8-14,19-20,24-26H,2,6-7H2,1H3,(H,29,31). The first-order chi connectivity index (χ1) is 15.1. The Morgan fingerprint density at radius 3 is 2.77 bits per heavy atom. The zero-order valence-electron chi connectivity index (χ0n) is 17.3. The first-order valence-electron chi connectivity index (χ1n) is 10.3. The number of hydrogen-bond donors (Lipinski definition) is 4. The van der Waals surface area contributed by atoms with Gasteiger partial charge in [-0.2, -0.15) is 0 Å². The molecule has 1 fully saturated rings. The Kier molecular flexibility index (Phi) is 5.88. The quantitative estimate of drug-likeness (QED) is 0.410. The summed E-state index contributed by atoms with van der Waals surface area (Å²) in [7, 11) is 0. The van der Waals surface area contributed by atoms with E-state index in [2.05, 4.69) is 20.6 Å². The second-order valence-corrected chi connectivity index (χ2v) is 7.53. The monoisotopic (exact) mass is 415 g/mol. The molecule has 0 saturated heterocycles. The average Bonchev–Trinajstić information content (AvgIpc) is 3.65. The second kappa shape index (κ2) is 8.91. The summed E-state index contributed by atoms with van der Waals surface area (Å²) < 4.78 is 0. The van der Waals surface area contributed by atoms with Gasteiger partial charge >= 0.3 is 0 Å². The number of carbonyl (C=O) groups excluding carboxylic acids is 1. The van der Waals surface area contributed by atoms with Gasteiger partial charge in [0, 0.05) is 41.7 Å². The van der Waals surface area contributed by atoms with Crippen molar-refractivity contribution in [1.29, 1.82) is 10.8 Å². The third-order valence-corrected chi connectivity index (χ3v) is 5.26. The van der Waals surface area contributed by atoms with Crippen LogP contribution in [0, 0.1) is 10.8 Å². The van der Waals surface area contributed by atoms with Crippen LogP contribution >= 0.6 is 0 Å². The van der Waals surface area contributed by atoms with Crippen molar-refractivity contribution in [1.82, 2.24) is 20.2 Å². The molecule has 8 heteroatoms. The van der Waals surface area contributed by atoms with Crippen LogP contribution in [0.4, 0.5) is 5.69 Å². The molecule has 31 heavy (non-hydrogen) atoms. The normalized spacial score (nSPS) is 17.3. The Bertz CT molecular complexity index is 1050. The Morgan fingerprint density at radius 2 is 2.10 bits per heavy atom. The van der Waals surface area contributed by atoms with E-state index in [1.807, 2.05) is 25.1 Å². The SMILES string of the molecule is CCc1ncc(C2=CC(C(=O)Nc3cccc(C(=N)N(C=N)C4CC4)c3)NC=C2)cn1. The molecule has 4 N–H and O–H groups in total. The van der Waals surface area contributed by atoms with Crippen molar-refractivity contribution < 1.29 is 4.79 Å². The Labute approximate surface area is 181 Å². The highest BCUT2D eigenvalue weighted by molar-refractivity contribution is 6.04. The van der Waals surface area contributed by atoms with Crippen molar-refractivity contribution in [3.63, 3.8) is 0 Å². The van der Waals surface area contributed by atoms with Gasteiger partial charge in [0.2, 0.25) is 0 Å². The molecule has 1 aliphatic carbocycles. The molecular formula is C23H25N7O. The topological polar surface area (TPSA) is 118 Å². The van der Waals surface area contributed by atoms with E-state index in [0.717, 1.165) is 36.2 Å². The summed E-state index contributed by atoms with van der Waals surface area (Å²) in [6, 6.07) is 6.87. The van der Waals surface area contributed by atoms with Crippen molar-refractivity contribution in [2.45, 2.75) is 38.3 Å². The van der Waals surface area contributed by atoms with Crippen LogP contribution in [0.5, 0.6) is 0 Å². The van der Waals surface area contributed by atoms with Gasteiger partial charge in [0.25, 0.3) is 5.91 Å². The first kappa shape index (κ1) is 20.5. The predicted octanol–water partition coefficient (Wildman–Crippen LogP) is 2.94. The third kappa shape index (κ3) is 4.69. The van der Waals surface area contributed by atoms with Gasteiger partial charge in [-0.3, -0.25) is 15.6 Å². The van der Waals surface area contributed by atoms with E-state index in [1.54, 1.807) is 41.7 Å². The molecule has 0 bridgehead atoms. The zero-order valence-corrected chi connectivity index (χ0v) is 17.3. The van der Waals surface area contributed by atoms with Gasteiger partial charge in [0.1, 0.15) is 17.7 Å². The Hall–Kier alpha value is -3.81. The molecule has 0 spiro atoms. The van der Waals surface area contributed by atoms with E-state index in [1.165, 1.54) is 6.34 Å². The highest BCUT2D eigenvalue weighted by atomic mass is 16.2. The number of allylic oxidation sites excluding steroid dienone is 2. The van der Waals surface area contributed by atoms with Crippen LogP contribution < -0.4 is 10.6 Å². The molecule has 1 amide bonds. The highest BCUT2D eigenvalue weighted by Gasteiger charge is 2.30. The summed E-state index contributed by atoms with van der Waals surface area (Å²) in [4.78, 5) is 23.2. The van der Waals surface area contributed by atoms with Gasteiger partial charge in [-0.25, -0.2) is 9.97 Å². The Balaban J connectivity index is 1.46. The number of anilines is 1. The maximum Gasteiger partial charge on any atom is 0.250 e. The number of aromatic nitrogens is 2. The minimum Gasteiger partial charge on any atom is -0.376 e. The van der Waals surface area contributed by atoms with Crippen molar-refractivity contribution >= 4 is 29.3 Å². The smallest absolute Gasteiger partial charge is 0.250 e. The summed E-state index contributed by atoms with van der Waals surface area (Å²) >= 11 is 0. The number of amides is 1. The molecule has 8 nitrogen and oxygen atoms in total. The fourth-order valence-electron chi connectivity index (χ4n) is 3.37. The second-order valence-electron chi connectivity index (χ2n) is 7.53. The predicted molar refractivity (Wildman–Crippen MR) is 121 cm³/mol. The van der Waals surface area contributed by atoms with E-state index in [0.29, 0.717) is 11.3 Å². The van der Waals surface area contributed by atoms with Crippen LogP contribution in [0.2, 0.25) is 0 Å². The summed E-state index contributed by atoms with van der Waals surface area (Å²) in [5, 5.41) is 22.0. The summed E-state index contributed by atoms with van der Waals surface area (Å²) in [5.41, 5.74) is 3.00. The molecule has 2 aliphatic rings. The maximum atomic E-state index is 12.9. The number of dihydropyridines is 1. The zero-order chi connectivity index (χ0) is 21.8. The van der Waals surface area contributed by atoms with E-state index in [9.17, 15) is 4.79 Å². The lowest BCUT2D eigenvalue weighted by Gasteiger charge is -2.21. The fourth-order valence-corrected chi connectivity index (χ4v) is 3.37. The van der Waals surface area contributed by atoms with Crippen molar-refractivity contribution in [2.75, 3.05) is 5.32 Å². The summed E-state index contributed by atoms with van der Waals surface area (Å²) in [6.07, 6.45) is 13.0. The Morgan fingerprint density at radius 1 is 1.32 bits per heavy atom. The van der Waals surface area contributed by atoms with Gasteiger partial charge in [-0.15, -0.1) is 0 Å². The average molecular weight is 416 g/mol. The number of carbonyl (C=O) groups is 1. The maximum absolute atomic E-state index is 12.9. The number of aryl methyl sites for hydroxylation is 1. The number of nitrogens with one attached hydrogen (secondary N) is 4. The number of amidine groups is 1. The van der Waals surface area contributed by atoms with E-state index in [-0.39, 0.29) is 17.8 Å². The number of hydrogen-bond acceptors (Lipinski definition) is 6. The van der Waals surface area contributed by atoms with Crippen LogP contribution in [0.1, 0.15) is 36.7 Å². The van der Waals surface area contributed by atoms with E-state index >= 15 is 0 Å². The van der Waals surface area contributed by atoms with Crippen LogP contribution in [0.15, 0.2) is 55.0 Å². The number of benzene rings is 1. The number of nitrogens with zero attached hydrogens (tertiary/aromatic N) is 3. The summed E-state index contributed by atoms with van der Waals surface area (Å²) in [6.45, 7) is 2.00. The molecule has 0 radical (unpaired) electrons. The lowest BCUT2D eigenvalue weighted by atomic mass is 10.0. The minimum atomic E-state index is -0.543. The third-order valence-electron chi connectivity index (χ3n) is 5.26. The van der Waals surface area contributed by atoms with Crippen molar-refractivity contribution in [3.05, 3.63) is 72.0 Å². The molecule has 1 atom stereocenters. The van der Waals surface area contributed by atoms with Crippen molar-refractivity contribution in [3.8, 4) is 0 Å². The molecule has 2 aromatic rings. The molecule has 1 aliphatic heterocycles. The molecule has 1 aromatic carbocycles. The molecule has 1 unspecified atom stereocenters. The van der Waals surface area contributed by atoms with Crippen LogP contribution in [0.25, 0.3) is 5.57 Å². The lowest BCUT2D eigenvalue weighted by Crippen LogP contribution is -2.37. The van der Waals surface area contributed by atoms with Crippen LogP contribution in [0.3, 0.4) is 0 Å². The largest absolute Gasteiger partial charge is 0.376 e. The molecule has 1 aromatic heterocycles. The molecular weight excluding hydrogens is 390 g/mol.